The van der Waals surface area contributed by atoms with Gasteiger partial charge in [-0.2, -0.15) is 0 Å². The molecule has 18 heavy (non-hydrogen) atoms. The minimum atomic E-state index is -0.325. The number of hydrogen-bond acceptors (Lipinski definition) is 2. The fourth-order valence-electron chi connectivity index (χ4n) is 1.75. The van der Waals surface area contributed by atoms with Crippen molar-refractivity contribution in [1.82, 2.24) is 0 Å². The molecule has 104 valence electrons. The monoisotopic (exact) mass is 252 g/mol. The summed E-state index contributed by atoms with van der Waals surface area (Å²) in [4.78, 5) is 0. The molecule has 0 aliphatic rings. The minimum absolute atomic E-state index is 0.128. The van der Waals surface area contributed by atoms with Crippen LogP contribution >= 0.6 is 0 Å². The van der Waals surface area contributed by atoms with Crippen LogP contribution in [0.2, 0.25) is 0 Å². The molecule has 0 saturated heterocycles. The van der Waals surface area contributed by atoms with E-state index in [2.05, 4.69) is 13.0 Å². The van der Waals surface area contributed by atoms with Crippen molar-refractivity contribution in [2.45, 2.75) is 59.5 Å². The summed E-state index contributed by atoms with van der Waals surface area (Å²) < 4.78 is 0. The first kappa shape index (κ1) is 17.1. The van der Waals surface area contributed by atoms with Gasteiger partial charge in [0.1, 0.15) is 0 Å². The summed E-state index contributed by atoms with van der Waals surface area (Å²) in [6.07, 6.45) is 9.38. The average molecular weight is 252 g/mol. The fourth-order valence-corrected chi connectivity index (χ4v) is 1.75. The Morgan fingerprint density at radius 2 is 1.61 bits per heavy atom. The van der Waals surface area contributed by atoms with Gasteiger partial charge in [-0.25, -0.2) is 0 Å². The van der Waals surface area contributed by atoms with Gasteiger partial charge in [0.25, 0.3) is 0 Å². The zero-order valence-corrected chi connectivity index (χ0v) is 12.2. The van der Waals surface area contributed by atoms with Gasteiger partial charge in [0, 0.05) is 0 Å². The van der Waals surface area contributed by atoms with Crippen LogP contribution in [0.25, 0.3) is 0 Å². The molecular formula is C16H28O2. The lowest BCUT2D eigenvalue weighted by Crippen LogP contribution is -2.02. The predicted octanol–water partition coefficient (Wildman–Crippen LogP) is 3.76. The molecule has 0 radical (unpaired) electrons. The molecule has 2 nitrogen and oxygen atoms in total. The lowest BCUT2D eigenvalue weighted by molar-refractivity contribution is 0.212. The Morgan fingerprint density at radius 3 is 2.17 bits per heavy atom. The van der Waals surface area contributed by atoms with Gasteiger partial charge in [-0.1, -0.05) is 34.9 Å². The second-order valence-corrected chi connectivity index (χ2v) is 5.17. The highest BCUT2D eigenvalue weighted by Gasteiger charge is 2.00. The van der Waals surface area contributed by atoms with E-state index in [1.807, 2.05) is 32.9 Å². The van der Waals surface area contributed by atoms with E-state index in [0.717, 1.165) is 31.3 Å². The smallest absolute Gasteiger partial charge is 0.0726 e. The zero-order chi connectivity index (χ0) is 14.0. The molecule has 0 aromatic rings. The molecule has 1 atom stereocenters. The minimum Gasteiger partial charge on any atom is -0.392 e. The number of rotatable bonds is 8. The summed E-state index contributed by atoms with van der Waals surface area (Å²) in [5, 5.41) is 18.4. The van der Waals surface area contributed by atoms with Crippen molar-refractivity contribution in [2.24, 2.45) is 0 Å². The van der Waals surface area contributed by atoms with Crippen LogP contribution in [0, 0.1) is 0 Å². The van der Waals surface area contributed by atoms with Crippen LogP contribution in [-0.2, 0) is 0 Å². The molecule has 0 aromatic carbocycles. The Kier molecular flexibility index (Phi) is 9.62. The van der Waals surface area contributed by atoms with E-state index in [9.17, 15) is 5.11 Å². The van der Waals surface area contributed by atoms with Crippen LogP contribution in [0.5, 0.6) is 0 Å². The predicted molar refractivity (Wildman–Crippen MR) is 78.5 cm³/mol. The number of allylic oxidation sites excluding steroid dienone is 4. The van der Waals surface area contributed by atoms with Gasteiger partial charge in [0.2, 0.25) is 0 Å². The molecule has 2 N–H and O–H groups in total. The van der Waals surface area contributed by atoms with E-state index in [4.69, 9.17) is 5.11 Å². The summed E-state index contributed by atoms with van der Waals surface area (Å²) in [5.74, 6) is 0. The van der Waals surface area contributed by atoms with Gasteiger partial charge in [-0.05, 0) is 53.4 Å². The third kappa shape index (κ3) is 10.3. The van der Waals surface area contributed by atoms with E-state index in [1.165, 1.54) is 11.1 Å². The van der Waals surface area contributed by atoms with Gasteiger partial charge in [-0.3, -0.25) is 0 Å². The van der Waals surface area contributed by atoms with Crippen LogP contribution in [0.3, 0.4) is 0 Å². The second kappa shape index (κ2) is 10.1. The Hall–Kier alpha value is -0.860. The highest BCUT2D eigenvalue weighted by molar-refractivity contribution is 5.05. The van der Waals surface area contributed by atoms with E-state index in [1.54, 1.807) is 0 Å². The first-order chi connectivity index (χ1) is 8.45. The Balaban J connectivity index is 3.92. The first-order valence-corrected chi connectivity index (χ1v) is 6.71. The summed E-state index contributed by atoms with van der Waals surface area (Å²) in [5.41, 5.74) is 3.72. The Morgan fingerprint density at radius 1 is 1.00 bits per heavy atom. The second-order valence-electron chi connectivity index (χ2n) is 5.17. The molecule has 0 aliphatic heterocycles. The maximum atomic E-state index is 9.71. The van der Waals surface area contributed by atoms with Gasteiger partial charge in [-0.15, -0.1) is 0 Å². The van der Waals surface area contributed by atoms with Crippen molar-refractivity contribution in [3.8, 4) is 0 Å². The van der Waals surface area contributed by atoms with Crippen molar-refractivity contribution in [3.63, 3.8) is 0 Å². The van der Waals surface area contributed by atoms with Gasteiger partial charge >= 0.3 is 0 Å². The fraction of sp³-hybridized carbons (Fsp3) is 0.625. The van der Waals surface area contributed by atoms with E-state index >= 15 is 0 Å². The Bertz CT molecular complexity index is 307. The molecule has 1 unspecified atom stereocenters. The molecule has 0 aromatic heterocycles. The van der Waals surface area contributed by atoms with Crippen LogP contribution < -0.4 is 0 Å². The van der Waals surface area contributed by atoms with E-state index in [0.29, 0.717) is 0 Å². The van der Waals surface area contributed by atoms with Crippen molar-refractivity contribution < 1.29 is 10.2 Å². The molecule has 0 spiro atoms. The van der Waals surface area contributed by atoms with Crippen LogP contribution in [0.4, 0.5) is 0 Å². The highest BCUT2D eigenvalue weighted by Crippen LogP contribution is 2.12. The summed E-state index contributed by atoms with van der Waals surface area (Å²) in [6.45, 7) is 8.28. The van der Waals surface area contributed by atoms with Crippen LogP contribution in [0.15, 0.2) is 34.9 Å². The topological polar surface area (TPSA) is 40.5 Å². The van der Waals surface area contributed by atoms with Crippen LogP contribution in [-0.4, -0.2) is 22.9 Å². The van der Waals surface area contributed by atoms with Crippen molar-refractivity contribution >= 4 is 0 Å². The van der Waals surface area contributed by atoms with E-state index in [-0.39, 0.29) is 12.7 Å². The highest BCUT2D eigenvalue weighted by atomic mass is 16.3. The molecular weight excluding hydrogens is 224 g/mol. The van der Waals surface area contributed by atoms with Gasteiger partial charge < -0.3 is 10.2 Å². The zero-order valence-electron chi connectivity index (χ0n) is 12.2. The molecule has 2 heteroatoms. The third-order valence-electron chi connectivity index (χ3n) is 2.83. The average Bonchev–Trinajstić information content (AvgIpc) is 2.26. The van der Waals surface area contributed by atoms with Crippen molar-refractivity contribution in [1.29, 1.82) is 0 Å². The Labute approximate surface area is 112 Å². The normalized spacial score (nSPS) is 14.6. The van der Waals surface area contributed by atoms with Crippen molar-refractivity contribution in [2.75, 3.05) is 6.61 Å². The quantitative estimate of drug-likeness (QED) is 0.646. The van der Waals surface area contributed by atoms with Gasteiger partial charge in [0.05, 0.1) is 12.7 Å². The van der Waals surface area contributed by atoms with Crippen molar-refractivity contribution in [3.05, 3.63) is 34.9 Å². The molecule has 0 heterocycles. The molecule has 0 fully saturated rings. The number of aliphatic hydroxyl groups is 2. The first-order valence-electron chi connectivity index (χ1n) is 6.71. The maximum Gasteiger partial charge on any atom is 0.0726 e. The third-order valence-corrected chi connectivity index (χ3v) is 2.83. The number of aliphatic hydroxyl groups excluding tert-OH is 2. The molecule has 0 bridgehead atoms. The molecule has 0 rings (SSSR count). The molecule has 0 saturated carbocycles. The maximum absolute atomic E-state index is 9.71. The summed E-state index contributed by atoms with van der Waals surface area (Å²) >= 11 is 0. The van der Waals surface area contributed by atoms with Gasteiger partial charge in [0.15, 0.2) is 0 Å². The summed E-state index contributed by atoms with van der Waals surface area (Å²) in [7, 11) is 0. The lowest BCUT2D eigenvalue weighted by atomic mass is 10.0. The molecule has 0 aliphatic carbocycles. The lowest BCUT2D eigenvalue weighted by Gasteiger charge is -2.07. The standard InChI is InChI=1S/C16H28O2/c1-13(2)12-16(18)9-8-14(3)6-5-7-15(4)10-11-17/h6,10,12,16-18H,5,7-9,11H2,1-4H3. The van der Waals surface area contributed by atoms with E-state index < -0.39 is 0 Å². The van der Waals surface area contributed by atoms with Crippen LogP contribution in [0.1, 0.15) is 53.4 Å². The molecule has 0 amide bonds. The SMILES string of the molecule is CC(C)=CC(O)CCC(C)=CCCC(C)=CCO. The largest absolute Gasteiger partial charge is 0.392 e. The number of hydrogen-bond donors (Lipinski definition) is 2. The summed E-state index contributed by atoms with van der Waals surface area (Å²) in [6, 6.07) is 0.